The number of aryl methyl sites for hydroxylation is 1. The number of ether oxygens (including phenoxy) is 3. The van der Waals surface area contributed by atoms with Gasteiger partial charge in [0.15, 0.2) is 23.3 Å². The highest BCUT2D eigenvalue weighted by Gasteiger charge is 2.09. The maximum absolute atomic E-state index is 5.40. The first-order valence-corrected chi connectivity index (χ1v) is 9.79. The van der Waals surface area contributed by atoms with Gasteiger partial charge in [0.25, 0.3) is 0 Å². The number of hydrogen-bond acceptors (Lipinski definition) is 6. The number of anilines is 1. The van der Waals surface area contributed by atoms with Crippen LogP contribution in [0.4, 0.5) is 5.69 Å². The van der Waals surface area contributed by atoms with E-state index in [4.69, 9.17) is 19.2 Å². The zero-order valence-electron chi connectivity index (χ0n) is 18.5. The van der Waals surface area contributed by atoms with Crippen LogP contribution in [0.1, 0.15) is 17.2 Å². The van der Waals surface area contributed by atoms with Gasteiger partial charge in [-0.05, 0) is 36.8 Å². The van der Waals surface area contributed by atoms with Gasteiger partial charge in [-0.15, -0.1) is 10.2 Å². The third-order valence-electron chi connectivity index (χ3n) is 4.82. The molecule has 1 heterocycles. The van der Waals surface area contributed by atoms with Crippen LogP contribution in [0.3, 0.4) is 0 Å². The lowest BCUT2D eigenvalue weighted by Gasteiger charge is -2.14. The predicted molar refractivity (Wildman–Crippen MR) is 120 cm³/mol. The smallest absolute Gasteiger partial charge is 0.196 e. The fraction of sp³-hybridized carbons (Fsp3) is 0.318. The monoisotopic (exact) mass is 424 g/mol. The van der Waals surface area contributed by atoms with Crippen molar-refractivity contribution in [2.24, 2.45) is 12.0 Å². The van der Waals surface area contributed by atoms with E-state index >= 15 is 0 Å². The van der Waals surface area contributed by atoms with Crippen LogP contribution in [0.15, 0.2) is 47.5 Å². The first-order valence-electron chi connectivity index (χ1n) is 9.79. The Balaban J connectivity index is 1.79. The van der Waals surface area contributed by atoms with E-state index in [1.54, 1.807) is 21.3 Å². The summed E-state index contributed by atoms with van der Waals surface area (Å²) in [4.78, 5) is 4.72. The summed E-state index contributed by atoms with van der Waals surface area (Å²) in [5, 5.41) is 14.9. The quantitative estimate of drug-likeness (QED) is 0.424. The molecule has 0 spiro atoms. The van der Waals surface area contributed by atoms with Crippen LogP contribution in [-0.4, -0.2) is 42.1 Å². The van der Waals surface area contributed by atoms with Gasteiger partial charge in [0, 0.05) is 18.8 Å². The van der Waals surface area contributed by atoms with Crippen LogP contribution in [0.5, 0.6) is 17.2 Å². The van der Waals surface area contributed by atoms with E-state index < -0.39 is 0 Å². The highest BCUT2D eigenvalue weighted by molar-refractivity contribution is 5.93. The van der Waals surface area contributed by atoms with E-state index in [0.717, 1.165) is 28.6 Å². The number of nitrogens with one attached hydrogen (secondary N) is 2. The normalized spacial score (nSPS) is 11.2. The molecule has 3 rings (SSSR count). The Bertz CT molecular complexity index is 1030. The van der Waals surface area contributed by atoms with Crippen LogP contribution in [0, 0.1) is 6.92 Å². The van der Waals surface area contributed by atoms with Gasteiger partial charge in [-0.3, -0.25) is 0 Å². The Labute approximate surface area is 182 Å². The zero-order valence-corrected chi connectivity index (χ0v) is 18.5. The molecule has 0 unspecified atom stereocenters. The highest BCUT2D eigenvalue weighted by Crippen LogP contribution is 2.29. The number of rotatable bonds is 8. The Hall–Kier alpha value is -3.75. The highest BCUT2D eigenvalue weighted by atomic mass is 16.5. The summed E-state index contributed by atoms with van der Waals surface area (Å²) in [5.74, 6) is 4.36. The second kappa shape index (κ2) is 10.3. The van der Waals surface area contributed by atoms with Crippen LogP contribution in [0.2, 0.25) is 0 Å². The third kappa shape index (κ3) is 5.65. The van der Waals surface area contributed by atoms with Crippen LogP contribution in [0.25, 0.3) is 0 Å². The molecule has 0 radical (unpaired) electrons. The van der Waals surface area contributed by atoms with E-state index in [2.05, 4.69) is 20.8 Å². The van der Waals surface area contributed by atoms with Gasteiger partial charge < -0.3 is 29.4 Å². The average molecular weight is 425 g/mol. The second-order valence-electron chi connectivity index (χ2n) is 6.78. The lowest BCUT2D eigenvalue weighted by molar-refractivity contribution is 0.355. The van der Waals surface area contributed by atoms with Gasteiger partial charge >= 0.3 is 0 Å². The number of methoxy groups -OCH3 is 3. The van der Waals surface area contributed by atoms with Crippen molar-refractivity contribution in [2.75, 3.05) is 26.6 Å². The molecule has 0 atom stereocenters. The molecule has 1 aromatic heterocycles. The summed E-state index contributed by atoms with van der Waals surface area (Å²) >= 11 is 0. The SMILES string of the molecule is COc1ccc(CN=C(NCc2nnc(C)n2C)Nc2ccc(OC)c(OC)c2)cc1. The molecule has 0 aliphatic rings. The molecule has 0 fully saturated rings. The molecule has 3 aromatic rings. The zero-order chi connectivity index (χ0) is 22.2. The molecule has 0 amide bonds. The Morgan fingerprint density at radius 3 is 2.32 bits per heavy atom. The van der Waals surface area contributed by atoms with Crippen molar-refractivity contribution in [1.82, 2.24) is 20.1 Å². The minimum absolute atomic E-state index is 0.471. The minimum atomic E-state index is 0.471. The van der Waals surface area contributed by atoms with Crippen molar-refractivity contribution in [3.63, 3.8) is 0 Å². The maximum atomic E-state index is 5.40. The minimum Gasteiger partial charge on any atom is -0.497 e. The standard InChI is InChI=1S/C22H28N6O3/c1-15-26-27-21(28(15)2)14-24-22(23-13-16-6-9-18(29-3)10-7-16)25-17-8-11-19(30-4)20(12-17)31-5/h6-12H,13-14H2,1-5H3,(H2,23,24,25). The Kier molecular flexibility index (Phi) is 7.31. The fourth-order valence-electron chi connectivity index (χ4n) is 2.86. The first-order chi connectivity index (χ1) is 15.0. The fourth-order valence-corrected chi connectivity index (χ4v) is 2.86. The van der Waals surface area contributed by atoms with Gasteiger partial charge in [-0.25, -0.2) is 4.99 Å². The summed E-state index contributed by atoms with van der Waals surface area (Å²) in [6, 6.07) is 13.4. The number of nitrogens with zero attached hydrogens (tertiary/aromatic N) is 4. The van der Waals surface area contributed by atoms with E-state index in [1.165, 1.54) is 0 Å². The molecule has 0 aliphatic carbocycles. The molecule has 0 saturated heterocycles. The molecule has 164 valence electrons. The van der Waals surface area contributed by atoms with Crippen molar-refractivity contribution in [2.45, 2.75) is 20.0 Å². The number of benzene rings is 2. The van der Waals surface area contributed by atoms with Gasteiger partial charge in [0.05, 0.1) is 34.4 Å². The summed E-state index contributed by atoms with van der Waals surface area (Å²) < 4.78 is 17.9. The van der Waals surface area contributed by atoms with E-state index in [0.29, 0.717) is 30.5 Å². The van der Waals surface area contributed by atoms with Crippen molar-refractivity contribution < 1.29 is 14.2 Å². The lowest BCUT2D eigenvalue weighted by atomic mass is 10.2. The summed E-state index contributed by atoms with van der Waals surface area (Å²) in [7, 11) is 6.80. The van der Waals surface area contributed by atoms with E-state index in [1.807, 2.05) is 61.0 Å². The number of hydrogen-bond donors (Lipinski definition) is 2. The third-order valence-corrected chi connectivity index (χ3v) is 4.82. The van der Waals surface area contributed by atoms with Gasteiger partial charge in [-0.1, -0.05) is 12.1 Å². The van der Waals surface area contributed by atoms with Gasteiger partial charge in [0.2, 0.25) is 0 Å². The summed E-state index contributed by atoms with van der Waals surface area (Å²) in [5.41, 5.74) is 1.87. The topological polar surface area (TPSA) is 94.8 Å². The predicted octanol–water partition coefficient (Wildman–Crippen LogP) is 2.91. The van der Waals surface area contributed by atoms with Gasteiger partial charge in [-0.2, -0.15) is 0 Å². The van der Waals surface area contributed by atoms with E-state index in [9.17, 15) is 0 Å². The number of aromatic nitrogens is 3. The molecule has 0 bridgehead atoms. The Morgan fingerprint density at radius 1 is 0.968 bits per heavy atom. The van der Waals surface area contributed by atoms with Gasteiger partial charge in [0.1, 0.15) is 11.6 Å². The summed E-state index contributed by atoms with van der Waals surface area (Å²) in [6.45, 7) is 2.88. The second-order valence-corrected chi connectivity index (χ2v) is 6.78. The van der Waals surface area contributed by atoms with E-state index in [-0.39, 0.29) is 0 Å². The lowest BCUT2D eigenvalue weighted by Crippen LogP contribution is -2.31. The molecule has 0 saturated carbocycles. The largest absolute Gasteiger partial charge is 0.497 e. The van der Waals surface area contributed by atoms with Crippen molar-refractivity contribution >= 4 is 11.6 Å². The molecule has 2 N–H and O–H groups in total. The number of guanidine groups is 1. The molecule has 31 heavy (non-hydrogen) atoms. The van der Waals surface area contributed by atoms with Crippen molar-refractivity contribution in [3.05, 3.63) is 59.7 Å². The molecule has 2 aromatic carbocycles. The first kappa shape index (κ1) is 21.9. The van der Waals surface area contributed by atoms with Crippen LogP contribution >= 0.6 is 0 Å². The van der Waals surface area contributed by atoms with Crippen LogP contribution < -0.4 is 24.8 Å². The number of aliphatic imine (C=N–C) groups is 1. The molecular weight excluding hydrogens is 396 g/mol. The molecular formula is C22H28N6O3. The summed E-state index contributed by atoms with van der Waals surface area (Å²) in [6.07, 6.45) is 0. The van der Waals surface area contributed by atoms with Crippen LogP contribution in [-0.2, 0) is 20.1 Å². The van der Waals surface area contributed by atoms with Crippen molar-refractivity contribution in [1.29, 1.82) is 0 Å². The maximum Gasteiger partial charge on any atom is 0.196 e. The average Bonchev–Trinajstić information content (AvgIpc) is 3.13. The van der Waals surface area contributed by atoms with Crippen molar-refractivity contribution in [3.8, 4) is 17.2 Å². The Morgan fingerprint density at radius 2 is 1.71 bits per heavy atom. The molecule has 9 heteroatoms. The molecule has 9 nitrogen and oxygen atoms in total. The molecule has 0 aliphatic heterocycles.